The molecule has 3 rings (SSSR count). The van der Waals surface area contributed by atoms with Crippen LogP contribution < -0.4 is 10.3 Å². The second-order valence-electron chi connectivity index (χ2n) is 7.14. The molecule has 1 atom stereocenters. The van der Waals surface area contributed by atoms with Crippen LogP contribution in [0.25, 0.3) is 10.2 Å². The van der Waals surface area contributed by atoms with Crippen LogP contribution >= 0.6 is 22.9 Å². The summed E-state index contributed by atoms with van der Waals surface area (Å²) in [6.07, 6.45) is 0. The first-order valence-electron chi connectivity index (χ1n) is 9.08. The van der Waals surface area contributed by atoms with E-state index in [1.54, 1.807) is 25.3 Å². The first-order chi connectivity index (χ1) is 14.1. The number of hydrogen-bond acceptors (Lipinski definition) is 6. The summed E-state index contributed by atoms with van der Waals surface area (Å²) in [7, 11) is -2.40. The highest BCUT2D eigenvalue weighted by Crippen LogP contribution is 2.17. The molecule has 1 aromatic carbocycles. The number of rotatable bonds is 7. The molecule has 0 aliphatic heterocycles. The molecular formula is C19H21ClN4O4S2. The van der Waals surface area contributed by atoms with E-state index in [2.05, 4.69) is 14.7 Å². The number of fused-ring (bicyclic) bond motifs is 1. The number of halogens is 1. The Morgan fingerprint density at radius 3 is 2.57 bits per heavy atom. The van der Waals surface area contributed by atoms with Gasteiger partial charge < -0.3 is 9.88 Å². The van der Waals surface area contributed by atoms with Gasteiger partial charge in [-0.05, 0) is 41.6 Å². The molecule has 30 heavy (non-hydrogen) atoms. The maximum absolute atomic E-state index is 13.0. The summed E-state index contributed by atoms with van der Waals surface area (Å²) in [4.78, 5) is 33.5. The molecule has 0 aliphatic rings. The summed E-state index contributed by atoms with van der Waals surface area (Å²) in [5.41, 5.74) is 0.290. The maximum atomic E-state index is 13.0. The van der Waals surface area contributed by atoms with E-state index >= 15 is 0 Å². The zero-order valence-electron chi connectivity index (χ0n) is 16.5. The van der Waals surface area contributed by atoms with Gasteiger partial charge in [-0.2, -0.15) is 4.72 Å². The van der Waals surface area contributed by atoms with E-state index in [0.29, 0.717) is 21.1 Å². The molecule has 0 fully saturated rings. The van der Waals surface area contributed by atoms with Crippen molar-refractivity contribution in [3.63, 3.8) is 0 Å². The van der Waals surface area contributed by atoms with Gasteiger partial charge in [-0.15, -0.1) is 11.3 Å². The fraction of sp³-hybridized carbons (Fsp3) is 0.316. The molecule has 160 valence electrons. The van der Waals surface area contributed by atoms with E-state index in [1.807, 2.05) is 0 Å². The number of aromatic nitrogens is 2. The highest BCUT2D eigenvalue weighted by atomic mass is 35.5. The lowest BCUT2D eigenvalue weighted by Gasteiger charge is -2.26. The van der Waals surface area contributed by atoms with Gasteiger partial charge in [-0.25, -0.2) is 13.4 Å². The molecule has 2 N–H and O–H groups in total. The van der Waals surface area contributed by atoms with Crippen molar-refractivity contribution in [2.75, 3.05) is 7.05 Å². The predicted octanol–water partition coefficient (Wildman–Crippen LogP) is 2.60. The van der Waals surface area contributed by atoms with Crippen LogP contribution in [0.15, 0.2) is 45.4 Å². The average Bonchev–Trinajstić information content (AvgIpc) is 3.15. The third kappa shape index (κ3) is 4.89. The highest BCUT2D eigenvalue weighted by molar-refractivity contribution is 7.89. The van der Waals surface area contributed by atoms with E-state index in [-0.39, 0.29) is 22.9 Å². The van der Waals surface area contributed by atoms with Gasteiger partial charge in [0.1, 0.15) is 16.6 Å². The number of aromatic amines is 1. The van der Waals surface area contributed by atoms with E-state index < -0.39 is 22.0 Å². The summed E-state index contributed by atoms with van der Waals surface area (Å²) in [6.45, 7) is 3.53. The molecule has 0 radical (unpaired) electrons. The van der Waals surface area contributed by atoms with E-state index in [1.165, 1.54) is 47.5 Å². The molecule has 11 heteroatoms. The van der Waals surface area contributed by atoms with Crippen LogP contribution in [0.1, 0.15) is 19.7 Å². The van der Waals surface area contributed by atoms with E-state index in [0.717, 1.165) is 0 Å². The molecule has 0 unspecified atom stereocenters. The molecular weight excluding hydrogens is 448 g/mol. The minimum Gasteiger partial charge on any atom is -0.337 e. The van der Waals surface area contributed by atoms with Gasteiger partial charge >= 0.3 is 0 Å². The van der Waals surface area contributed by atoms with Crippen LogP contribution in [-0.2, 0) is 21.4 Å². The Labute approximate surface area is 183 Å². The SMILES string of the molecule is CC(C)[C@H](NS(=O)(=O)c1ccc(Cl)cc1)C(=O)N(C)Cc1nc2ccsc2c(=O)[nH]1. The molecule has 0 aliphatic carbocycles. The predicted molar refractivity (Wildman–Crippen MR) is 117 cm³/mol. The summed E-state index contributed by atoms with van der Waals surface area (Å²) in [5, 5.41) is 2.18. The van der Waals surface area contributed by atoms with Gasteiger partial charge in [0.05, 0.1) is 17.0 Å². The van der Waals surface area contributed by atoms with Gasteiger partial charge in [0, 0.05) is 12.1 Å². The van der Waals surface area contributed by atoms with Crippen LogP contribution in [0.4, 0.5) is 0 Å². The van der Waals surface area contributed by atoms with Crippen LogP contribution in [0.5, 0.6) is 0 Å². The van der Waals surface area contributed by atoms with Gasteiger partial charge in [0.25, 0.3) is 5.56 Å². The minimum atomic E-state index is -3.93. The zero-order valence-corrected chi connectivity index (χ0v) is 18.9. The Kier molecular flexibility index (Phi) is 6.61. The summed E-state index contributed by atoms with van der Waals surface area (Å²) in [6, 6.07) is 6.43. The molecule has 0 bridgehead atoms. The first-order valence-corrected chi connectivity index (χ1v) is 11.8. The van der Waals surface area contributed by atoms with Gasteiger partial charge in [0.15, 0.2) is 0 Å². The van der Waals surface area contributed by atoms with E-state index in [9.17, 15) is 18.0 Å². The van der Waals surface area contributed by atoms with E-state index in [4.69, 9.17) is 11.6 Å². The smallest absolute Gasteiger partial charge is 0.268 e. The van der Waals surface area contributed by atoms with Crippen molar-refractivity contribution >= 4 is 49.1 Å². The molecule has 8 nitrogen and oxygen atoms in total. The maximum Gasteiger partial charge on any atom is 0.268 e. The number of amides is 1. The Balaban J connectivity index is 1.80. The monoisotopic (exact) mass is 468 g/mol. The third-order valence-corrected chi connectivity index (χ3v) is 7.08. The molecule has 0 saturated heterocycles. The van der Waals surface area contributed by atoms with Crippen molar-refractivity contribution in [1.29, 1.82) is 0 Å². The lowest BCUT2D eigenvalue weighted by atomic mass is 10.0. The molecule has 2 heterocycles. The number of hydrogen-bond donors (Lipinski definition) is 2. The highest BCUT2D eigenvalue weighted by Gasteiger charge is 2.30. The Morgan fingerprint density at radius 1 is 1.27 bits per heavy atom. The topological polar surface area (TPSA) is 112 Å². The van der Waals surface area contributed by atoms with Crippen molar-refractivity contribution in [3.05, 3.63) is 56.9 Å². The lowest BCUT2D eigenvalue weighted by Crippen LogP contribution is -2.50. The van der Waals surface area contributed by atoms with Crippen molar-refractivity contribution < 1.29 is 13.2 Å². The zero-order chi connectivity index (χ0) is 22.1. The van der Waals surface area contributed by atoms with Gasteiger partial charge in [-0.1, -0.05) is 25.4 Å². The van der Waals surface area contributed by atoms with Crippen LogP contribution in [0.3, 0.4) is 0 Å². The number of nitrogens with zero attached hydrogens (tertiary/aromatic N) is 2. The van der Waals surface area contributed by atoms with Crippen molar-refractivity contribution in [1.82, 2.24) is 19.6 Å². The molecule has 3 aromatic rings. The molecule has 0 saturated carbocycles. The number of benzene rings is 1. The normalized spacial score (nSPS) is 13.0. The van der Waals surface area contributed by atoms with Crippen molar-refractivity contribution in [2.24, 2.45) is 5.92 Å². The van der Waals surface area contributed by atoms with Crippen LogP contribution in [0, 0.1) is 5.92 Å². The molecule has 1 amide bonds. The average molecular weight is 469 g/mol. The van der Waals surface area contributed by atoms with Gasteiger partial charge in [0.2, 0.25) is 15.9 Å². The third-order valence-electron chi connectivity index (χ3n) is 4.47. The fourth-order valence-electron chi connectivity index (χ4n) is 2.86. The number of carbonyl (C=O) groups excluding carboxylic acids is 1. The number of likely N-dealkylation sites (N-methyl/N-ethyl adjacent to an activating group) is 1. The summed E-state index contributed by atoms with van der Waals surface area (Å²) < 4.78 is 28.4. The summed E-state index contributed by atoms with van der Waals surface area (Å²) in [5.74, 6) is -0.422. The number of thiophene rings is 1. The largest absolute Gasteiger partial charge is 0.337 e. The number of sulfonamides is 1. The first kappa shape index (κ1) is 22.4. The van der Waals surface area contributed by atoms with Crippen LogP contribution in [0.2, 0.25) is 5.02 Å². The Morgan fingerprint density at radius 2 is 1.93 bits per heavy atom. The second-order valence-corrected chi connectivity index (χ2v) is 10.2. The van der Waals surface area contributed by atoms with Crippen molar-refractivity contribution in [3.8, 4) is 0 Å². The Hall–Kier alpha value is -2.27. The summed E-state index contributed by atoms with van der Waals surface area (Å²) >= 11 is 7.11. The lowest BCUT2D eigenvalue weighted by molar-refractivity contribution is -0.133. The number of H-pyrrole nitrogens is 1. The minimum absolute atomic E-state index is 0.0157. The standard InChI is InChI=1S/C19H21ClN4O4S2/c1-11(2)16(23-30(27,28)13-6-4-12(20)5-7-13)19(26)24(3)10-15-21-14-8-9-29-17(14)18(25)22-15/h4-9,11,16,23H,10H2,1-3H3,(H,21,22,25)/t16-/m0/s1. The number of nitrogens with one attached hydrogen (secondary N) is 2. The Bertz CT molecular complexity index is 1220. The molecule has 2 aromatic heterocycles. The fourth-order valence-corrected chi connectivity index (χ4v) is 5.05. The van der Waals surface area contributed by atoms with Crippen molar-refractivity contribution in [2.45, 2.75) is 31.3 Å². The molecule has 0 spiro atoms. The van der Waals surface area contributed by atoms with Crippen LogP contribution in [-0.4, -0.2) is 42.3 Å². The quantitative estimate of drug-likeness (QED) is 0.553. The second kappa shape index (κ2) is 8.84. The number of carbonyl (C=O) groups is 1. The van der Waals surface area contributed by atoms with Gasteiger partial charge in [-0.3, -0.25) is 9.59 Å².